The minimum absolute atomic E-state index is 0.0203. The number of amides is 3. The normalized spacial score (nSPS) is 19.5. The molecule has 0 saturated carbocycles. The summed E-state index contributed by atoms with van der Waals surface area (Å²) in [5.74, 6) is -0.0748. The van der Waals surface area contributed by atoms with Gasteiger partial charge in [0.2, 0.25) is 11.8 Å². The predicted molar refractivity (Wildman–Crippen MR) is 125 cm³/mol. The predicted octanol–water partition coefficient (Wildman–Crippen LogP) is 2.29. The van der Waals surface area contributed by atoms with Crippen LogP contribution in [0.25, 0.3) is 0 Å². The van der Waals surface area contributed by atoms with Crippen molar-refractivity contribution < 1.29 is 14.4 Å². The third kappa shape index (κ3) is 5.68. The second kappa shape index (κ2) is 10.9. The number of carbonyl (C=O) groups is 3. The molecule has 0 spiro atoms. The van der Waals surface area contributed by atoms with Gasteiger partial charge < -0.3 is 15.1 Å². The summed E-state index contributed by atoms with van der Waals surface area (Å²) in [6.07, 6.45) is 3.38. The lowest BCUT2D eigenvalue weighted by Gasteiger charge is -2.40. The van der Waals surface area contributed by atoms with Gasteiger partial charge in [-0.05, 0) is 50.7 Å². The molecule has 0 radical (unpaired) electrons. The molecule has 2 atom stereocenters. The molecule has 1 N–H and O–H groups in total. The van der Waals surface area contributed by atoms with Crippen molar-refractivity contribution in [3.05, 3.63) is 35.4 Å². The van der Waals surface area contributed by atoms with E-state index in [-0.39, 0.29) is 29.7 Å². The topological polar surface area (TPSA) is 73.0 Å². The summed E-state index contributed by atoms with van der Waals surface area (Å²) < 4.78 is 0. The van der Waals surface area contributed by atoms with Gasteiger partial charge >= 0.3 is 0 Å². The first kappa shape index (κ1) is 24.2. The van der Waals surface area contributed by atoms with E-state index in [9.17, 15) is 14.4 Å². The summed E-state index contributed by atoms with van der Waals surface area (Å²) in [4.78, 5) is 44.9. The first-order valence-electron chi connectivity index (χ1n) is 12.0. The molecular formula is C25H38N4O3. The Labute approximate surface area is 192 Å². The Morgan fingerprint density at radius 1 is 0.812 bits per heavy atom. The van der Waals surface area contributed by atoms with E-state index < -0.39 is 6.04 Å². The van der Waals surface area contributed by atoms with Crippen LogP contribution < -0.4 is 5.32 Å². The molecule has 2 aliphatic heterocycles. The van der Waals surface area contributed by atoms with Gasteiger partial charge in [-0.1, -0.05) is 32.0 Å². The van der Waals surface area contributed by atoms with Gasteiger partial charge in [-0.15, -0.1) is 0 Å². The van der Waals surface area contributed by atoms with E-state index in [1.54, 1.807) is 6.07 Å². The third-order valence-electron chi connectivity index (χ3n) is 6.81. The zero-order valence-corrected chi connectivity index (χ0v) is 20.0. The SMILES string of the molecule is Cc1ccccc1C(=O)NC(C(=O)N1CCN(C(C)C(=O)N2CCCCC2)CC1)C(C)C. The number of likely N-dealkylation sites (tertiary alicyclic amines) is 1. The Morgan fingerprint density at radius 3 is 2.00 bits per heavy atom. The molecule has 3 amide bonds. The van der Waals surface area contributed by atoms with Crippen molar-refractivity contribution in [3.63, 3.8) is 0 Å². The quantitative estimate of drug-likeness (QED) is 0.734. The molecule has 2 unspecified atom stereocenters. The number of rotatable bonds is 6. The van der Waals surface area contributed by atoms with Crippen molar-refractivity contribution in [1.29, 1.82) is 0 Å². The summed E-state index contributed by atoms with van der Waals surface area (Å²) >= 11 is 0. The molecule has 2 aliphatic rings. The lowest BCUT2D eigenvalue weighted by molar-refractivity contribution is -0.140. The van der Waals surface area contributed by atoms with Gasteiger partial charge in [0.15, 0.2) is 0 Å². The first-order valence-corrected chi connectivity index (χ1v) is 12.0. The highest BCUT2D eigenvalue weighted by molar-refractivity contribution is 5.98. The molecule has 2 heterocycles. The zero-order valence-electron chi connectivity index (χ0n) is 20.0. The van der Waals surface area contributed by atoms with Gasteiger partial charge in [0.05, 0.1) is 6.04 Å². The average molecular weight is 443 g/mol. The van der Waals surface area contributed by atoms with Crippen LogP contribution in [0.15, 0.2) is 24.3 Å². The van der Waals surface area contributed by atoms with E-state index in [2.05, 4.69) is 10.2 Å². The fourth-order valence-electron chi connectivity index (χ4n) is 4.62. The lowest BCUT2D eigenvalue weighted by atomic mass is 10.0. The molecule has 2 fully saturated rings. The summed E-state index contributed by atoms with van der Waals surface area (Å²) in [5.41, 5.74) is 1.49. The largest absolute Gasteiger partial charge is 0.341 e. The minimum Gasteiger partial charge on any atom is -0.341 e. The second-order valence-corrected chi connectivity index (χ2v) is 9.43. The molecular weight excluding hydrogens is 404 g/mol. The molecule has 7 nitrogen and oxygen atoms in total. The van der Waals surface area contributed by atoms with E-state index in [1.165, 1.54) is 6.42 Å². The van der Waals surface area contributed by atoms with Gasteiger partial charge in [-0.25, -0.2) is 0 Å². The van der Waals surface area contributed by atoms with Crippen molar-refractivity contribution in [2.24, 2.45) is 5.92 Å². The Morgan fingerprint density at radius 2 is 1.41 bits per heavy atom. The van der Waals surface area contributed by atoms with Crippen molar-refractivity contribution in [2.75, 3.05) is 39.3 Å². The molecule has 3 rings (SSSR count). The Bertz CT molecular complexity index is 811. The molecule has 2 saturated heterocycles. The smallest absolute Gasteiger partial charge is 0.252 e. The fourth-order valence-corrected chi connectivity index (χ4v) is 4.62. The highest BCUT2D eigenvalue weighted by Crippen LogP contribution is 2.16. The van der Waals surface area contributed by atoms with Crippen LogP contribution in [0.5, 0.6) is 0 Å². The van der Waals surface area contributed by atoms with E-state index >= 15 is 0 Å². The Kier molecular flexibility index (Phi) is 8.29. The summed E-state index contributed by atoms with van der Waals surface area (Å²) in [5, 5.41) is 2.96. The number of hydrogen-bond acceptors (Lipinski definition) is 4. The maximum absolute atomic E-state index is 13.3. The number of piperidine rings is 1. The Balaban J connectivity index is 1.57. The first-order chi connectivity index (χ1) is 15.3. The van der Waals surface area contributed by atoms with Crippen LogP contribution in [0.3, 0.4) is 0 Å². The van der Waals surface area contributed by atoms with Crippen LogP contribution in [0, 0.1) is 12.8 Å². The Hall–Kier alpha value is -2.41. The van der Waals surface area contributed by atoms with Gasteiger partial charge in [0.25, 0.3) is 5.91 Å². The molecule has 7 heteroatoms. The van der Waals surface area contributed by atoms with Crippen molar-refractivity contribution in [2.45, 2.75) is 59.0 Å². The molecule has 0 aromatic heterocycles. The third-order valence-corrected chi connectivity index (χ3v) is 6.81. The van der Waals surface area contributed by atoms with Crippen LogP contribution in [-0.2, 0) is 9.59 Å². The van der Waals surface area contributed by atoms with Crippen LogP contribution >= 0.6 is 0 Å². The van der Waals surface area contributed by atoms with Crippen LogP contribution in [0.1, 0.15) is 56.0 Å². The van der Waals surface area contributed by atoms with Crippen LogP contribution in [0.4, 0.5) is 0 Å². The van der Waals surface area contributed by atoms with Gasteiger partial charge in [0, 0.05) is 44.8 Å². The van der Waals surface area contributed by atoms with Crippen LogP contribution in [0.2, 0.25) is 0 Å². The molecule has 176 valence electrons. The van der Waals surface area contributed by atoms with Gasteiger partial charge in [-0.3, -0.25) is 19.3 Å². The van der Waals surface area contributed by atoms with Gasteiger partial charge in [-0.2, -0.15) is 0 Å². The highest BCUT2D eigenvalue weighted by atomic mass is 16.2. The maximum atomic E-state index is 13.3. The lowest BCUT2D eigenvalue weighted by Crippen LogP contribution is -2.59. The van der Waals surface area contributed by atoms with Crippen LogP contribution in [-0.4, -0.2) is 83.8 Å². The van der Waals surface area contributed by atoms with Crippen molar-refractivity contribution >= 4 is 17.7 Å². The molecule has 0 bridgehead atoms. The van der Waals surface area contributed by atoms with Crippen molar-refractivity contribution in [3.8, 4) is 0 Å². The number of nitrogens with zero attached hydrogens (tertiary/aromatic N) is 3. The van der Waals surface area contributed by atoms with E-state index in [1.807, 2.05) is 55.7 Å². The number of piperazine rings is 1. The van der Waals surface area contributed by atoms with Crippen molar-refractivity contribution in [1.82, 2.24) is 20.0 Å². The maximum Gasteiger partial charge on any atom is 0.252 e. The standard InChI is InChI=1S/C25H38N4O3/c1-18(2)22(26-23(30)21-11-7-6-10-19(21)3)25(32)29-16-14-27(15-17-29)20(4)24(31)28-12-8-5-9-13-28/h6-7,10-11,18,20,22H,5,8-9,12-17H2,1-4H3,(H,26,30). The number of hydrogen-bond donors (Lipinski definition) is 1. The number of aryl methyl sites for hydroxylation is 1. The summed E-state index contributed by atoms with van der Waals surface area (Å²) in [6.45, 7) is 12.0. The molecule has 32 heavy (non-hydrogen) atoms. The zero-order chi connectivity index (χ0) is 23.3. The van der Waals surface area contributed by atoms with Gasteiger partial charge in [0.1, 0.15) is 6.04 Å². The molecule has 1 aromatic rings. The summed E-state index contributed by atoms with van der Waals surface area (Å²) in [6, 6.07) is 6.68. The average Bonchev–Trinajstić information content (AvgIpc) is 2.81. The molecule has 1 aromatic carbocycles. The molecule has 0 aliphatic carbocycles. The van der Waals surface area contributed by atoms with E-state index in [4.69, 9.17) is 0 Å². The highest BCUT2D eigenvalue weighted by Gasteiger charge is 2.34. The number of nitrogens with one attached hydrogen (secondary N) is 1. The van der Waals surface area contributed by atoms with E-state index in [0.29, 0.717) is 31.7 Å². The second-order valence-electron chi connectivity index (χ2n) is 9.43. The minimum atomic E-state index is -0.568. The summed E-state index contributed by atoms with van der Waals surface area (Å²) in [7, 11) is 0. The number of carbonyl (C=O) groups excluding carboxylic acids is 3. The fraction of sp³-hybridized carbons (Fsp3) is 0.640. The monoisotopic (exact) mass is 442 g/mol. The van der Waals surface area contributed by atoms with E-state index in [0.717, 1.165) is 31.5 Å². The number of benzene rings is 1.